The molecule has 0 aromatic heterocycles. The van der Waals surface area contributed by atoms with E-state index < -0.39 is 24.9 Å². The van der Waals surface area contributed by atoms with Crippen LogP contribution in [0.25, 0.3) is 0 Å². The molecule has 1 N–H and O–H groups in total. The minimum absolute atomic E-state index is 0. The van der Waals surface area contributed by atoms with E-state index in [-0.39, 0.29) is 42.3 Å². The van der Waals surface area contributed by atoms with E-state index >= 15 is 0 Å². The van der Waals surface area contributed by atoms with Crippen molar-refractivity contribution in [1.82, 2.24) is 15.1 Å². The molecule has 8 heteroatoms. The maximum atomic E-state index is 13.5. The van der Waals surface area contributed by atoms with E-state index in [1.165, 1.54) is 0 Å². The van der Waals surface area contributed by atoms with Gasteiger partial charge in [0.05, 0.1) is 12.6 Å². The normalized spacial score (nSPS) is 30.6. The Morgan fingerprint density at radius 3 is 2.29 bits per heavy atom. The monoisotopic (exact) mass is 413 g/mol. The molecular formula is C20H26ClF2N3O2. The third kappa shape index (κ3) is 3.87. The summed E-state index contributed by atoms with van der Waals surface area (Å²) in [7, 11) is 1.82. The highest BCUT2D eigenvalue weighted by molar-refractivity contribution is 5.94. The van der Waals surface area contributed by atoms with Crippen LogP contribution in [0.4, 0.5) is 8.78 Å². The van der Waals surface area contributed by atoms with Gasteiger partial charge in [-0.1, -0.05) is 18.2 Å². The lowest BCUT2D eigenvalue weighted by Crippen LogP contribution is -2.56. The van der Waals surface area contributed by atoms with Crippen molar-refractivity contribution in [2.45, 2.75) is 62.2 Å². The molecule has 3 saturated heterocycles. The number of fused-ring (bicyclic) bond motifs is 2. The Kier molecular flexibility index (Phi) is 5.96. The van der Waals surface area contributed by atoms with Crippen molar-refractivity contribution in [1.29, 1.82) is 0 Å². The average molecular weight is 414 g/mol. The van der Waals surface area contributed by atoms with Gasteiger partial charge in [0.25, 0.3) is 11.8 Å². The summed E-state index contributed by atoms with van der Waals surface area (Å²) < 4.78 is 26.9. The summed E-state index contributed by atoms with van der Waals surface area (Å²) >= 11 is 0. The van der Waals surface area contributed by atoms with Crippen molar-refractivity contribution in [2.75, 3.05) is 13.6 Å². The third-order valence-electron chi connectivity index (χ3n) is 6.26. The van der Waals surface area contributed by atoms with Crippen LogP contribution in [0, 0.1) is 0 Å². The number of piperidine rings is 1. The first-order valence-corrected chi connectivity index (χ1v) is 9.61. The van der Waals surface area contributed by atoms with Gasteiger partial charge in [0.15, 0.2) is 0 Å². The number of rotatable bonds is 3. The highest BCUT2D eigenvalue weighted by Crippen LogP contribution is 2.39. The van der Waals surface area contributed by atoms with Crippen molar-refractivity contribution in [3.05, 3.63) is 35.9 Å². The summed E-state index contributed by atoms with van der Waals surface area (Å²) in [4.78, 5) is 29.2. The van der Waals surface area contributed by atoms with Gasteiger partial charge in [0, 0.05) is 37.2 Å². The number of nitrogens with one attached hydrogen (secondary N) is 1. The van der Waals surface area contributed by atoms with Crippen LogP contribution in [-0.2, 0) is 4.79 Å². The first-order valence-electron chi connectivity index (χ1n) is 9.61. The molecule has 3 aliphatic heterocycles. The Hall–Kier alpha value is -1.73. The van der Waals surface area contributed by atoms with Crippen molar-refractivity contribution < 1.29 is 18.4 Å². The highest BCUT2D eigenvalue weighted by Gasteiger charge is 2.50. The van der Waals surface area contributed by atoms with Gasteiger partial charge in [0.2, 0.25) is 5.91 Å². The standard InChI is InChI=1S/C20H25F2N3O2.ClH/c1-24(18(26)13-5-3-2-4-6-13)16-9-14-7-8-15(10-16)25(14)19(27)17-11-20(21,22)12-23-17;/h2-6,14-17,23H,7-12H2,1H3;1H. The van der Waals surface area contributed by atoms with Gasteiger partial charge in [0.1, 0.15) is 0 Å². The zero-order valence-corrected chi connectivity index (χ0v) is 16.6. The number of nitrogens with zero attached hydrogens (tertiary/aromatic N) is 2. The van der Waals surface area contributed by atoms with Gasteiger partial charge < -0.3 is 9.80 Å². The van der Waals surface area contributed by atoms with Crippen LogP contribution in [0.1, 0.15) is 42.5 Å². The fourth-order valence-electron chi connectivity index (χ4n) is 4.84. The van der Waals surface area contributed by atoms with E-state index in [0.29, 0.717) is 18.4 Å². The molecule has 3 heterocycles. The fourth-order valence-corrected chi connectivity index (χ4v) is 4.84. The Bertz CT molecular complexity index is 719. The average Bonchev–Trinajstić information content (AvgIpc) is 3.16. The van der Waals surface area contributed by atoms with Gasteiger partial charge in [-0.15, -0.1) is 12.4 Å². The lowest BCUT2D eigenvalue weighted by molar-refractivity contribution is -0.139. The fraction of sp³-hybridized carbons (Fsp3) is 0.600. The second-order valence-electron chi connectivity index (χ2n) is 8.03. The first kappa shape index (κ1) is 21.0. The highest BCUT2D eigenvalue weighted by atomic mass is 35.5. The predicted molar refractivity (Wildman–Crippen MR) is 104 cm³/mol. The van der Waals surface area contributed by atoms with Gasteiger partial charge in [-0.2, -0.15) is 0 Å². The number of carbonyl (C=O) groups is 2. The molecule has 0 spiro atoms. The van der Waals surface area contributed by atoms with E-state index in [4.69, 9.17) is 0 Å². The van der Waals surface area contributed by atoms with E-state index in [9.17, 15) is 18.4 Å². The van der Waals surface area contributed by atoms with Gasteiger partial charge in [-0.25, -0.2) is 8.78 Å². The summed E-state index contributed by atoms with van der Waals surface area (Å²) in [5, 5.41) is 2.68. The van der Waals surface area contributed by atoms with Crippen LogP contribution < -0.4 is 5.32 Å². The quantitative estimate of drug-likeness (QED) is 0.829. The summed E-state index contributed by atoms with van der Waals surface area (Å²) in [5.74, 6) is -3.02. The zero-order chi connectivity index (χ0) is 19.2. The number of alkyl halides is 2. The van der Waals surface area contributed by atoms with Crippen LogP contribution in [0.15, 0.2) is 30.3 Å². The van der Waals surface area contributed by atoms with E-state index in [2.05, 4.69) is 5.32 Å². The van der Waals surface area contributed by atoms with Crippen molar-refractivity contribution in [3.63, 3.8) is 0 Å². The number of amides is 2. The molecule has 3 unspecified atom stereocenters. The van der Waals surface area contributed by atoms with Crippen LogP contribution in [-0.4, -0.2) is 65.3 Å². The largest absolute Gasteiger partial charge is 0.339 e. The molecule has 154 valence electrons. The minimum Gasteiger partial charge on any atom is -0.339 e. The van der Waals surface area contributed by atoms with Gasteiger partial charge >= 0.3 is 0 Å². The number of hydrogen-bond donors (Lipinski definition) is 1. The molecule has 1 aromatic carbocycles. The van der Waals surface area contributed by atoms with Gasteiger partial charge in [-0.3, -0.25) is 14.9 Å². The van der Waals surface area contributed by atoms with E-state index in [1.807, 2.05) is 30.1 Å². The second-order valence-corrected chi connectivity index (χ2v) is 8.03. The van der Waals surface area contributed by atoms with Crippen LogP contribution in [0.3, 0.4) is 0 Å². The Morgan fingerprint density at radius 1 is 1.14 bits per heavy atom. The molecule has 2 amide bonds. The molecule has 28 heavy (non-hydrogen) atoms. The smallest absolute Gasteiger partial charge is 0.262 e. The SMILES string of the molecule is CN(C(=O)c1ccccc1)C1CC2CCC(C1)N2C(=O)C1CC(F)(F)CN1.Cl. The lowest BCUT2D eigenvalue weighted by atomic mass is 9.94. The molecule has 3 aliphatic rings. The molecule has 3 atom stereocenters. The minimum atomic E-state index is -2.81. The van der Waals surface area contributed by atoms with Crippen molar-refractivity contribution in [3.8, 4) is 0 Å². The number of carbonyl (C=O) groups excluding carboxylic acids is 2. The Morgan fingerprint density at radius 2 is 1.75 bits per heavy atom. The third-order valence-corrected chi connectivity index (χ3v) is 6.26. The molecule has 3 fully saturated rings. The summed E-state index contributed by atoms with van der Waals surface area (Å²) in [5.41, 5.74) is 0.656. The van der Waals surface area contributed by atoms with Crippen LogP contribution in [0.5, 0.6) is 0 Å². The topological polar surface area (TPSA) is 52.7 Å². The number of halogens is 3. The summed E-state index contributed by atoms with van der Waals surface area (Å²) in [6.45, 7) is -0.427. The molecule has 0 saturated carbocycles. The second kappa shape index (κ2) is 7.95. The maximum absolute atomic E-state index is 13.5. The van der Waals surface area contributed by atoms with E-state index in [1.54, 1.807) is 17.0 Å². The number of hydrogen-bond acceptors (Lipinski definition) is 3. The Balaban J connectivity index is 0.00000225. The van der Waals surface area contributed by atoms with E-state index in [0.717, 1.165) is 12.8 Å². The maximum Gasteiger partial charge on any atom is 0.262 e. The molecule has 1 aromatic rings. The van der Waals surface area contributed by atoms with Crippen LogP contribution >= 0.6 is 12.4 Å². The van der Waals surface area contributed by atoms with Gasteiger partial charge in [-0.05, 0) is 37.8 Å². The first-order chi connectivity index (χ1) is 12.9. The predicted octanol–water partition coefficient (Wildman–Crippen LogP) is 2.70. The summed E-state index contributed by atoms with van der Waals surface area (Å²) in [6.07, 6.45) is 2.76. The molecule has 0 aliphatic carbocycles. The van der Waals surface area contributed by atoms with Crippen LogP contribution in [0.2, 0.25) is 0 Å². The molecule has 2 bridgehead atoms. The van der Waals surface area contributed by atoms with Crippen molar-refractivity contribution >= 4 is 24.2 Å². The Labute approximate surface area is 169 Å². The molecule has 4 rings (SSSR count). The molecule has 5 nitrogen and oxygen atoms in total. The van der Waals surface area contributed by atoms with Crippen molar-refractivity contribution in [2.24, 2.45) is 0 Å². The molecular weight excluding hydrogens is 388 g/mol. The zero-order valence-electron chi connectivity index (χ0n) is 15.8. The molecule has 0 radical (unpaired) electrons. The summed E-state index contributed by atoms with van der Waals surface area (Å²) in [6, 6.07) is 8.51. The number of benzene rings is 1. The lowest BCUT2D eigenvalue weighted by Gasteiger charge is -2.43.